The van der Waals surface area contributed by atoms with Crippen LogP contribution >= 0.6 is 0 Å². The number of aryl methyl sites for hydroxylation is 1. The lowest BCUT2D eigenvalue weighted by Crippen LogP contribution is -2.16. The van der Waals surface area contributed by atoms with Gasteiger partial charge in [0.1, 0.15) is 11.5 Å². The van der Waals surface area contributed by atoms with Crippen LogP contribution in [0.2, 0.25) is 0 Å². The molecule has 0 fully saturated rings. The van der Waals surface area contributed by atoms with Gasteiger partial charge in [0.25, 0.3) is 0 Å². The van der Waals surface area contributed by atoms with Crippen molar-refractivity contribution in [2.75, 3.05) is 5.75 Å². The van der Waals surface area contributed by atoms with Gasteiger partial charge < -0.3 is 8.92 Å². The fraction of sp³-hybridized carbons (Fsp3) is 0.294. The first-order valence-corrected chi connectivity index (χ1v) is 9.55. The molecule has 0 bridgehead atoms. The van der Waals surface area contributed by atoms with E-state index >= 15 is 0 Å². The third-order valence-corrected chi connectivity index (χ3v) is 4.73. The number of rotatable bonds is 8. The Labute approximate surface area is 159 Å². The van der Waals surface area contributed by atoms with E-state index in [-0.39, 0.29) is 22.9 Å². The second kappa shape index (κ2) is 8.46. The molecule has 0 saturated carbocycles. The van der Waals surface area contributed by atoms with E-state index in [1.54, 1.807) is 6.07 Å². The van der Waals surface area contributed by atoms with Crippen molar-refractivity contribution in [3.8, 4) is 17.2 Å². The van der Waals surface area contributed by atoms with Crippen LogP contribution in [0.5, 0.6) is 17.2 Å². The van der Waals surface area contributed by atoms with Crippen molar-refractivity contribution in [2.24, 2.45) is 0 Å². The molecule has 0 aliphatic heterocycles. The van der Waals surface area contributed by atoms with Crippen molar-refractivity contribution < 1.29 is 35.4 Å². The second-order valence-electron chi connectivity index (χ2n) is 5.82. The van der Waals surface area contributed by atoms with Crippen molar-refractivity contribution in [1.29, 1.82) is 0 Å². The van der Waals surface area contributed by atoms with Gasteiger partial charge in [-0.25, -0.2) is 0 Å². The highest BCUT2D eigenvalue weighted by molar-refractivity contribution is 7.87. The molecular formula is C17H16F3NO6S. The highest BCUT2D eigenvalue weighted by Gasteiger charge is 2.28. The molecule has 2 aromatic carbocycles. The standard InChI is InChI=1S/C17H16F3NO6S/c1-12-5-2-8-15(16(12)21(22)23)26-13-6-3-7-14(11-13)27-28(24,25)10-4-9-17(18,19)20/h2-3,5-8,11H,4,9-10H2,1H3. The van der Waals surface area contributed by atoms with Crippen LogP contribution in [0.15, 0.2) is 42.5 Å². The van der Waals surface area contributed by atoms with E-state index in [2.05, 4.69) is 0 Å². The van der Waals surface area contributed by atoms with Crippen LogP contribution in [0.3, 0.4) is 0 Å². The molecule has 2 aromatic rings. The average Bonchev–Trinajstić information content (AvgIpc) is 2.52. The molecule has 0 unspecified atom stereocenters. The molecule has 0 atom stereocenters. The normalized spacial score (nSPS) is 11.9. The molecule has 0 heterocycles. The Balaban J connectivity index is 2.13. The van der Waals surface area contributed by atoms with E-state index in [4.69, 9.17) is 8.92 Å². The zero-order chi connectivity index (χ0) is 20.9. The summed E-state index contributed by atoms with van der Waals surface area (Å²) in [7, 11) is -4.24. The van der Waals surface area contributed by atoms with Crippen LogP contribution in [0.25, 0.3) is 0 Å². The Morgan fingerprint density at radius 3 is 2.39 bits per heavy atom. The maximum absolute atomic E-state index is 12.1. The second-order valence-corrected chi connectivity index (χ2v) is 7.51. The highest BCUT2D eigenvalue weighted by Crippen LogP contribution is 2.35. The number of ether oxygens (including phenoxy) is 1. The Hall–Kier alpha value is -2.82. The lowest BCUT2D eigenvalue weighted by atomic mass is 10.2. The van der Waals surface area contributed by atoms with Crippen molar-refractivity contribution in [1.82, 2.24) is 0 Å². The summed E-state index contributed by atoms with van der Waals surface area (Å²) < 4.78 is 70.3. The lowest BCUT2D eigenvalue weighted by molar-refractivity contribution is -0.386. The van der Waals surface area contributed by atoms with Gasteiger partial charge in [0.05, 0.1) is 10.7 Å². The van der Waals surface area contributed by atoms with Crippen LogP contribution in [-0.4, -0.2) is 25.3 Å². The third-order valence-electron chi connectivity index (χ3n) is 3.49. The summed E-state index contributed by atoms with van der Waals surface area (Å²) >= 11 is 0. The van der Waals surface area contributed by atoms with Gasteiger partial charge in [-0.05, 0) is 31.5 Å². The fourth-order valence-electron chi connectivity index (χ4n) is 2.30. The van der Waals surface area contributed by atoms with Gasteiger partial charge >= 0.3 is 22.0 Å². The number of alkyl halides is 3. The quantitative estimate of drug-likeness (QED) is 0.348. The number of hydrogen-bond donors (Lipinski definition) is 0. The van der Waals surface area contributed by atoms with Gasteiger partial charge in [-0.3, -0.25) is 10.1 Å². The molecule has 0 amide bonds. The molecule has 11 heteroatoms. The van der Waals surface area contributed by atoms with Gasteiger partial charge in [-0.15, -0.1) is 0 Å². The van der Waals surface area contributed by atoms with E-state index < -0.39 is 39.8 Å². The zero-order valence-corrected chi connectivity index (χ0v) is 15.4. The predicted molar refractivity (Wildman–Crippen MR) is 94.1 cm³/mol. The van der Waals surface area contributed by atoms with Gasteiger partial charge in [-0.1, -0.05) is 18.2 Å². The Morgan fingerprint density at radius 2 is 1.75 bits per heavy atom. The van der Waals surface area contributed by atoms with Crippen LogP contribution in [0, 0.1) is 17.0 Å². The summed E-state index contributed by atoms with van der Waals surface area (Å²) in [5.74, 6) is -0.965. The lowest BCUT2D eigenvalue weighted by Gasteiger charge is -2.11. The zero-order valence-electron chi connectivity index (χ0n) is 14.6. The summed E-state index contributed by atoms with van der Waals surface area (Å²) in [5.41, 5.74) is 0.135. The number of para-hydroxylation sites is 1. The van der Waals surface area contributed by atoms with E-state index in [9.17, 15) is 31.7 Å². The minimum absolute atomic E-state index is 0.0461. The summed E-state index contributed by atoms with van der Waals surface area (Å²) in [4.78, 5) is 10.6. The van der Waals surface area contributed by atoms with Crippen LogP contribution < -0.4 is 8.92 Å². The first-order chi connectivity index (χ1) is 13.0. The van der Waals surface area contributed by atoms with E-state index in [1.807, 2.05) is 0 Å². The van der Waals surface area contributed by atoms with E-state index in [1.165, 1.54) is 43.3 Å². The van der Waals surface area contributed by atoms with Crippen LogP contribution in [0.1, 0.15) is 18.4 Å². The maximum Gasteiger partial charge on any atom is 0.389 e. The third kappa shape index (κ3) is 6.41. The van der Waals surface area contributed by atoms with Crippen molar-refractivity contribution >= 4 is 15.8 Å². The molecule has 0 aromatic heterocycles. The number of nitro groups is 1. The topological polar surface area (TPSA) is 95.7 Å². The molecule has 0 spiro atoms. The maximum atomic E-state index is 12.1. The molecule has 0 radical (unpaired) electrons. The van der Waals surface area contributed by atoms with Gasteiger partial charge in [0, 0.05) is 18.1 Å². The van der Waals surface area contributed by atoms with Crippen LogP contribution in [0.4, 0.5) is 18.9 Å². The number of nitrogens with zero attached hydrogens (tertiary/aromatic N) is 1. The molecule has 2 rings (SSSR count). The van der Waals surface area contributed by atoms with Gasteiger partial charge in [0.2, 0.25) is 5.75 Å². The molecule has 0 saturated heterocycles. The first kappa shape index (κ1) is 21.5. The summed E-state index contributed by atoms with van der Waals surface area (Å²) in [6.45, 7) is 1.54. The number of hydrogen-bond acceptors (Lipinski definition) is 6. The molecule has 152 valence electrons. The highest BCUT2D eigenvalue weighted by atomic mass is 32.2. The predicted octanol–water partition coefficient (Wildman–Crippen LogP) is 4.75. The summed E-state index contributed by atoms with van der Waals surface area (Å²) in [6, 6.07) is 9.74. The van der Waals surface area contributed by atoms with Gasteiger partial charge in [0.15, 0.2) is 0 Å². The summed E-state index contributed by atoms with van der Waals surface area (Å²) in [5, 5.41) is 11.2. The smallest absolute Gasteiger partial charge is 0.389 e. The first-order valence-electron chi connectivity index (χ1n) is 7.98. The van der Waals surface area contributed by atoms with Crippen LogP contribution in [-0.2, 0) is 10.1 Å². The molecule has 28 heavy (non-hydrogen) atoms. The Morgan fingerprint density at radius 1 is 1.11 bits per heavy atom. The SMILES string of the molecule is Cc1cccc(Oc2cccc(OS(=O)(=O)CCCC(F)(F)F)c2)c1[N+](=O)[O-]. The van der Waals surface area contributed by atoms with Gasteiger partial charge in [-0.2, -0.15) is 21.6 Å². The largest absolute Gasteiger partial charge is 0.450 e. The molecule has 0 aliphatic carbocycles. The Bertz CT molecular complexity index is 960. The number of benzene rings is 2. The number of halogens is 3. The Kier molecular flexibility index (Phi) is 6.49. The van der Waals surface area contributed by atoms with Crippen molar-refractivity contribution in [2.45, 2.75) is 25.9 Å². The molecule has 0 N–H and O–H groups in total. The molecule has 7 nitrogen and oxygen atoms in total. The minimum atomic E-state index is -4.45. The average molecular weight is 419 g/mol. The van der Waals surface area contributed by atoms with E-state index in [0.29, 0.717) is 5.56 Å². The number of nitro benzene ring substituents is 1. The van der Waals surface area contributed by atoms with Crippen molar-refractivity contribution in [3.05, 3.63) is 58.1 Å². The minimum Gasteiger partial charge on any atom is -0.450 e. The van der Waals surface area contributed by atoms with Crippen molar-refractivity contribution in [3.63, 3.8) is 0 Å². The summed E-state index contributed by atoms with van der Waals surface area (Å²) in [6.07, 6.45) is -6.32. The molecular weight excluding hydrogens is 403 g/mol. The molecule has 0 aliphatic rings. The monoisotopic (exact) mass is 419 g/mol. The fourth-order valence-corrected chi connectivity index (χ4v) is 3.28. The van der Waals surface area contributed by atoms with E-state index in [0.717, 1.165) is 0 Å².